The first kappa shape index (κ1) is 11.7. The lowest BCUT2D eigenvalue weighted by Gasteiger charge is -2.08. The van der Waals surface area contributed by atoms with Crippen LogP contribution in [0.25, 0.3) is 0 Å². The molecule has 0 spiro atoms. The quantitative estimate of drug-likeness (QED) is 0.859. The summed E-state index contributed by atoms with van der Waals surface area (Å²) in [7, 11) is -2.98. The minimum Gasteiger partial charge on any atom is -0.388 e. The van der Waals surface area contributed by atoms with E-state index in [0.29, 0.717) is 0 Å². The van der Waals surface area contributed by atoms with Gasteiger partial charge in [0, 0.05) is 11.1 Å². The molecule has 0 aromatic carbocycles. The number of aryl methyl sites for hydroxylation is 1. The van der Waals surface area contributed by atoms with Crippen LogP contribution in [0.2, 0.25) is 0 Å². The van der Waals surface area contributed by atoms with Gasteiger partial charge in [-0.25, -0.2) is 8.42 Å². The van der Waals surface area contributed by atoms with Gasteiger partial charge in [0.2, 0.25) is 0 Å². The summed E-state index contributed by atoms with van der Waals surface area (Å²) in [5.74, 6) is 0.0332. The van der Waals surface area contributed by atoms with E-state index in [-0.39, 0.29) is 12.2 Å². The molecule has 14 heavy (non-hydrogen) atoms. The van der Waals surface area contributed by atoms with Gasteiger partial charge in [-0.3, -0.25) is 0 Å². The SMILES string of the molecule is Cc1ccsc1C(O)CCS(C)(=O)=O. The van der Waals surface area contributed by atoms with Crippen molar-refractivity contribution >= 4 is 21.2 Å². The predicted octanol–water partition coefficient (Wildman–Crippen LogP) is 1.52. The van der Waals surface area contributed by atoms with Gasteiger partial charge in [-0.15, -0.1) is 11.3 Å². The van der Waals surface area contributed by atoms with E-state index in [0.717, 1.165) is 10.4 Å². The predicted molar refractivity (Wildman–Crippen MR) is 58.3 cm³/mol. The number of hydrogen-bond acceptors (Lipinski definition) is 4. The largest absolute Gasteiger partial charge is 0.388 e. The Morgan fingerprint density at radius 1 is 1.57 bits per heavy atom. The zero-order chi connectivity index (χ0) is 10.8. The lowest BCUT2D eigenvalue weighted by molar-refractivity contribution is 0.177. The van der Waals surface area contributed by atoms with Crippen molar-refractivity contribution < 1.29 is 13.5 Å². The summed E-state index contributed by atoms with van der Waals surface area (Å²) in [5.41, 5.74) is 1.02. The Bertz CT molecular complexity index is 392. The van der Waals surface area contributed by atoms with Crippen LogP contribution in [-0.4, -0.2) is 25.5 Å². The van der Waals surface area contributed by atoms with Gasteiger partial charge in [-0.2, -0.15) is 0 Å². The molecule has 1 heterocycles. The fourth-order valence-electron chi connectivity index (χ4n) is 1.18. The van der Waals surface area contributed by atoms with Gasteiger partial charge < -0.3 is 5.11 Å². The third-order valence-corrected chi connectivity index (χ3v) is 4.06. The van der Waals surface area contributed by atoms with Crippen molar-refractivity contribution in [3.05, 3.63) is 21.9 Å². The van der Waals surface area contributed by atoms with E-state index in [2.05, 4.69) is 0 Å². The van der Waals surface area contributed by atoms with Crippen molar-refractivity contribution in [3.63, 3.8) is 0 Å². The normalized spacial score (nSPS) is 14.2. The molecule has 0 saturated heterocycles. The highest BCUT2D eigenvalue weighted by Crippen LogP contribution is 2.26. The molecule has 0 aliphatic carbocycles. The second-order valence-electron chi connectivity index (χ2n) is 3.40. The van der Waals surface area contributed by atoms with Gasteiger partial charge in [-0.1, -0.05) is 0 Å². The van der Waals surface area contributed by atoms with Gasteiger partial charge in [0.15, 0.2) is 0 Å². The maximum Gasteiger partial charge on any atom is 0.147 e. The lowest BCUT2D eigenvalue weighted by Crippen LogP contribution is -2.08. The maximum absolute atomic E-state index is 10.9. The molecule has 0 aliphatic rings. The average molecular weight is 234 g/mol. The van der Waals surface area contributed by atoms with Gasteiger partial charge in [0.1, 0.15) is 9.84 Å². The third-order valence-electron chi connectivity index (χ3n) is 1.97. The van der Waals surface area contributed by atoms with E-state index in [1.54, 1.807) is 0 Å². The zero-order valence-electron chi connectivity index (χ0n) is 8.23. The molecular weight excluding hydrogens is 220 g/mol. The summed E-state index contributed by atoms with van der Waals surface area (Å²) in [4.78, 5) is 0.869. The first-order chi connectivity index (χ1) is 6.40. The van der Waals surface area contributed by atoms with Gasteiger partial charge >= 0.3 is 0 Å². The molecule has 0 saturated carbocycles. The molecule has 1 atom stereocenters. The Morgan fingerprint density at radius 2 is 2.21 bits per heavy atom. The minimum atomic E-state index is -2.98. The van der Waals surface area contributed by atoms with Crippen molar-refractivity contribution in [1.82, 2.24) is 0 Å². The Kier molecular flexibility index (Phi) is 3.69. The molecule has 0 bridgehead atoms. The fourth-order valence-corrected chi connectivity index (χ4v) is 2.78. The van der Waals surface area contributed by atoms with Crippen LogP contribution in [-0.2, 0) is 9.84 Å². The van der Waals surface area contributed by atoms with Crippen LogP contribution in [0.4, 0.5) is 0 Å². The number of rotatable bonds is 4. The van der Waals surface area contributed by atoms with E-state index < -0.39 is 15.9 Å². The summed E-state index contributed by atoms with van der Waals surface area (Å²) in [6, 6.07) is 1.92. The molecule has 1 unspecified atom stereocenters. The summed E-state index contributed by atoms with van der Waals surface area (Å²) >= 11 is 1.46. The molecule has 1 aromatic rings. The van der Waals surface area contributed by atoms with Crippen molar-refractivity contribution in [3.8, 4) is 0 Å². The van der Waals surface area contributed by atoms with E-state index >= 15 is 0 Å². The van der Waals surface area contributed by atoms with Crippen LogP contribution >= 0.6 is 11.3 Å². The van der Waals surface area contributed by atoms with Crippen LogP contribution < -0.4 is 0 Å². The first-order valence-corrected chi connectivity index (χ1v) is 7.24. The average Bonchev–Trinajstić information content (AvgIpc) is 2.46. The molecule has 3 nitrogen and oxygen atoms in total. The molecule has 0 fully saturated rings. The number of sulfone groups is 1. The molecule has 1 aromatic heterocycles. The molecule has 0 amide bonds. The molecule has 0 radical (unpaired) electrons. The van der Waals surface area contributed by atoms with Crippen LogP contribution in [0.3, 0.4) is 0 Å². The number of aliphatic hydroxyl groups excluding tert-OH is 1. The van der Waals surface area contributed by atoms with Crippen LogP contribution in [0.15, 0.2) is 11.4 Å². The monoisotopic (exact) mass is 234 g/mol. The maximum atomic E-state index is 10.9. The van der Waals surface area contributed by atoms with Crippen LogP contribution in [0, 0.1) is 6.92 Å². The molecule has 1 rings (SSSR count). The lowest BCUT2D eigenvalue weighted by atomic mass is 10.2. The van der Waals surface area contributed by atoms with Crippen molar-refractivity contribution in [2.75, 3.05) is 12.0 Å². The Labute approximate surface area is 88.3 Å². The van der Waals surface area contributed by atoms with Gasteiger partial charge in [-0.05, 0) is 30.4 Å². The Morgan fingerprint density at radius 3 is 2.64 bits per heavy atom. The van der Waals surface area contributed by atoms with Gasteiger partial charge in [0.05, 0.1) is 11.9 Å². The molecule has 0 aliphatic heterocycles. The van der Waals surface area contributed by atoms with Crippen molar-refractivity contribution in [2.45, 2.75) is 19.4 Å². The highest BCUT2D eigenvalue weighted by molar-refractivity contribution is 7.90. The number of thiophene rings is 1. The second kappa shape index (κ2) is 4.42. The summed E-state index contributed by atoms with van der Waals surface area (Å²) in [5, 5.41) is 11.6. The van der Waals surface area contributed by atoms with Crippen LogP contribution in [0.1, 0.15) is 23.0 Å². The van der Waals surface area contributed by atoms with Crippen molar-refractivity contribution in [2.24, 2.45) is 0 Å². The highest BCUT2D eigenvalue weighted by atomic mass is 32.2. The highest BCUT2D eigenvalue weighted by Gasteiger charge is 2.14. The smallest absolute Gasteiger partial charge is 0.147 e. The topological polar surface area (TPSA) is 54.4 Å². The molecule has 5 heteroatoms. The third kappa shape index (κ3) is 3.40. The van der Waals surface area contributed by atoms with Gasteiger partial charge in [0.25, 0.3) is 0 Å². The molecular formula is C9H14O3S2. The van der Waals surface area contributed by atoms with Crippen molar-refractivity contribution in [1.29, 1.82) is 0 Å². The van der Waals surface area contributed by atoms with E-state index in [1.165, 1.54) is 17.6 Å². The van der Waals surface area contributed by atoms with E-state index in [9.17, 15) is 13.5 Å². The summed E-state index contributed by atoms with van der Waals surface area (Å²) < 4.78 is 21.8. The standard InChI is InChI=1S/C9H14O3S2/c1-7-3-5-13-9(7)8(10)4-6-14(2,11)12/h3,5,8,10H,4,6H2,1-2H3. The number of hydrogen-bond donors (Lipinski definition) is 1. The fraction of sp³-hybridized carbons (Fsp3) is 0.556. The minimum absolute atomic E-state index is 0.0332. The first-order valence-electron chi connectivity index (χ1n) is 4.30. The summed E-state index contributed by atoms with van der Waals surface area (Å²) in [6.45, 7) is 1.91. The zero-order valence-corrected chi connectivity index (χ0v) is 9.86. The summed E-state index contributed by atoms with van der Waals surface area (Å²) in [6.07, 6.45) is 0.811. The molecule has 1 N–H and O–H groups in total. The van der Waals surface area contributed by atoms with E-state index in [4.69, 9.17) is 0 Å². The second-order valence-corrected chi connectivity index (χ2v) is 6.61. The van der Waals surface area contributed by atoms with Crippen LogP contribution in [0.5, 0.6) is 0 Å². The Hall–Kier alpha value is -0.390. The molecule has 80 valence electrons. The van der Waals surface area contributed by atoms with E-state index in [1.807, 2.05) is 18.4 Å². The number of aliphatic hydroxyl groups is 1. The Balaban J connectivity index is 2.60.